The molecular formula is C19H19N3O3S. The van der Waals surface area contributed by atoms with Crippen molar-refractivity contribution in [2.75, 3.05) is 7.11 Å². The van der Waals surface area contributed by atoms with E-state index >= 15 is 0 Å². The number of rotatable bonds is 6. The number of amides is 1. The van der Waals surface area contributed by atoms with Crippen LogP contribution in [0.3, 0.4) is 0 Å². The normalized spacial score (nSPS) is 15.0. The smallest absolute Gasteiger partial charge is 0.262 e. The van der Waals surface area contributed by atoms with Gasteiger partial charge in [-0.25, -0.2) is 4.98 Å². The monoisotopic (exact) mass is 369 g/mol. The van der Waals surface area contributed by atoms with Gasteiger partial charge in [0.05, 0.1) is 24.9 Å². The second-order valence-corrected chi connectivity index (χ2v) is 7.37. The maximum Gasteiger partial charge on any atom is 0.262 e. The third-order valence-corrected chi connectivity index (χ3v) is 5.47. The summed E-state index contributed by atoms with van der Waals surface area (Å²) in [4.78, 5) is 29.9. The Hall–Kier alpha value is -2.67. The molecule has 0 bridgehead atoms. The predicted octanol–water partition coefficient (Wildman–Crippen LogP) is 2.73. The van der Waals surface area contributed by atoms with Gasteiger partial charge in [0, 0.05) is 0 Å². The summed E-state index contributed by atoms with van der Waals surface area (Å²) in [5.74, 6) is 1.05. The van der Waals surface area contributed by atoms with E-state index in [4.69, 9.17) is 4.74 Å². The second-order valence-electron chi connectivity index (χ2n) is 6.47. The molecule has 0 radical (unpaired) electrons. The highest BCUT2D eigenvalue weighted by atomic mass is 32.1. The number of hydrogen-bond donors (Lipinski definition) is 1. The molecule has 1 saturated carbocycles. The van der Waals surface area contributed by atoms with Crippen LogP contribution in [0.25, 0.3) is 10.2 Å². The lowest BCUT2D eigenvalue weighted by Crippen LogP contribution is -2.35. The Labute approximate surface area is 154 Å². The van der Waals surface area contributed by atoms with E-state index in [1.807, 2.05) is 29.6 Å². The molecule has 134 valence electrons. The molecule has 2 aromatic heterocycles. The van der Waals surface area contributed by atoms with Crippen molar-refractivity contribution in [1.29, 1.82) is 0 Å². The van der Waals surface area contributed by atoms with Crippen LogP contribution < -0.4 is 15.6 Å². The van der Waals surface area contributed by atoms with E-state index in [2.05, 4.69) is 10.3 Å². The van der Waals surface area contributed by atoms with Gasteiger partial charge in [-0.15, -0.1) is 11.3 Å². The zero-order valence-electron chi connectivity index (χ0n) is 14.3. The van der Waals surface area contributed by atoms with Crippen LogP contribution in [0.4, 0.5) is 0 Å². The lowest BCUT2D eigenvalue weighted by Gasteiger charge is -2.19. The van der Waals surface area contributed by atoms with Crippen molar-refractivity contribution in [1.82, 2.24) is 14.9 Å². The Bertz CT molecular complexity index is 989. The Balaban J connectivity index is 1.51. The van der Waals surface area contributed by atoms with Crippen LogP contribution >= 0.6 is 11.3 Å². The summed E-state index contributed by atoms with van der Waals surface area (Å²) in [6.45, 7) is -0.0308. The summed E-state index contributed by atoms with van der Waals surface area (Å²) in [5.41, 5.74) is 0.874. The number of nitrogens with zero attached hydrogens (tertiary/aromatic N) is 2. The molecule has 1 aromatic carbocycles. The largest absolute Gasteiger partial charge is 0.497 e. The number of carbonyl (C=O) groups is 1. The molecule has 0 saturated heterocycles. The molecule has 0 unspecified atom stereocenters. The lowest BCUT2D eigenvalue weighted by molar-refractivity contribution is -0.122. The number of methoxy groups -OCH3 is 1. The fourth-order valence-corrected chi connectivity index (χ4v) is 3.82. The van der Waals surface area contributed by atoms with Crippen molar-refractivity contribution >= 4 is 27.5 Å². The van der Waals surface area contributed by atoms with Crippen LogP contribution in [0.15, 0.2) is 46.8 Å². The molecule has 3 aromatic rings. The summed E-state index contributed by atoms with van der Waals surface area (Å²) < 4.78 is 6.56. The fraction of sp³-hybridized carbons (Fsp3) is 0.316. The van der Waals surface area contributed by atoms with Crippen LogP contribution in [-0.4, -0.2) is 22.6 Å². The van der Waals surface area contributed by atoms with E-state index < -0.39 is 0 Å². The molecule has 26 heavy (non-hydrogen) atoms. The van der Waals surface area contributed by atoms with Crippen LogP contribution in [0.2, 0.25) is 0 Å². The number of thiophene rings is 1. The van der Waals surface area contributed by atoms with E-state index in [9.17, 15) is 9.59 Å². The van der Waals surface area contributed by atoms with Gasteiger partial charge in [0.1, 0.15) is 17.1 Å². The van der Waals surface area contributed by atoms with Gasteiger partial charge in [-0.2, -0.15) is 0 Å². The fourth-order valence-electron chi connectivity index (χ4n) is 3.09. The van der Waals surface area contributed by atoms with Crippen molar-refractivity contribution < 1.29 is 9.53 Å². The number of nitrogens with one attached hydrogen (secondary N) is 1. The number of fused-ring (bicyclic) bond motifs is 1. The summed E-state index contributed by atoms with van der Waals surface area (Å²) in [6.07, 6.45) is 3.64. The zero-order chi connectivity index (χ0) is 18.1. The van der Waals surface area contributed by atoms with Crippen LogP contribution in [0.1, 0.15) is 24.4 Å². The molecule has 2 heterocycles. The second kappa shape index (κ2) is 6.92. The van der Waals surface area contributed by atoms with Gasteiger partial charge in [0.2, 0.25) is 5.91 Å². The number of aromatic nitrogens is 2. The number of benzene rings is 1. The average molecular weight is 369 g/mol. The molecule has 1 atom stereocenters. The first-order chi connectivity index (χ1) is 12.7. The van der Waals surface area contributed by atoms with Gasteiger partial charge in [-0.1, -0.05) is 12.1 Å². The number of ether oxygens (including phenoxy) is 1. The van der Waals surface area contributed by atoms with Gasteiger partial charge in [0.25, 0.3) is 5.56 Å². The van der Waals surface area contributed by atoms with Gasteiger partial charge in [-0.3, -0.25) is 14.2 Å². The highest BCUT2D eigenvalue weighted by Gasteiger charge is 2.33. The number of carbonyl (C=O) groups excluding carboxylic acids is 1. The highest BCUT2D eigenvalue weighted by Crippen LogP contribution is 2.41. The maximum atomic E-state index is 12.6. The average Bonchev–Trinajstić information content (AvgIpc) is 3.38. The first kappa shape index (κ1) is 16.8. The molecule has 6 nitrogen and oxygen atoms in total. The number of hydrogen-bond acceptors (Lipinski definition) is 5. The van der Waals surface area contributed by atoms with E-state index in [1.54, 1.807) is 13.2 Å². The molecule has 0 aliphatic heterocycles. The first-order valence-electron chi connectivity index (χ1n) is 8.51. The van der Waals surface area contributed by atoms with E-state index in [1.165, 1.54) is 22.2 Å². The molecule has 1 N–H and O–H groups in total. The minimum Gasteiger partial charge on any atom is -0.497 e. The summed E-state index contributed by atoms with van der Waals surface area (Å²) in [6, 6.07) is 9.46. The first-order valence-corrected chi connectivity index (χ1v) is 9.39. The highest BCUT2D eigenvalue weighted by molar-refractivity contribution is 7.16. The van der Waals surface area contributed by atoms with Crippen molar-refractivity contribution in [3.8, 4) is 5.75 Å². The summed E-state index contributed by atoms with van der Waals surface area (Å²) >= 11 is 1.42. The van der Waals surface area contributed by atoms with Crippen molar-refractivity contribution in [3.05, 3.63) is 58.0 Å². The molecule has 4 rings (SSSR count). The lowest BCUT2D eigenvalue weighted by atomic mass is 10.0. The van der Waals surface area contributed by atoms with Crippen molar-refractivity contribution in [3.63, 3.8) is 0 Å². The van der Waals surface area contributed by atoms with E-state index in [-0.39, 0.29) is 24.1 Å². The summed E-state index contributed by atoms with van der Waals surface area (Å²) in [5, 5.41) is 5.47. The Kier molecular flexibility index (Phi) is 4.46. The van der Waals surface area contributed by atoms with Crippen molar-refractivity contribution in [2.24, 2.45) is 5.92 Å². The third-order valence-electron chi connectivity index (χ3n) is 4.65. The van der Waals surface area contributed by atoms with Gasteiger partial charge in [-0.05, 0) is 47.9 Å². The van der Waals surface area contributed by atoms with E-state index in [0.717, 1.165) is 24.2 Å². The molecule has 1 aliphatic carbocycles. The van der Waals surface area contributed by atoms with Crippen LogP contribution in [-0.2, 0) is 11.3 Å². The Morgan fingerprint density at radius 2 is 2.12 bits per heavy atom. The van der Waals surface area contributed by atoms with Crippen LogP contribution in [0, 0.1) is 5.92 Å². The Morgan fingerprint density at radius 1 is 1.35 bits per heavy atom. The molecule has 0 spiro atoms. The predicted molar refractivity (Wildman–Crippen MR) is 100 cm³/mol. The van der Waals surface area contributed by atoms with Gasteiger partial charge < -0.3 is 10.1 Å². The SMILES string of the molecule is COc1ccc([C@H](NC(=O)Cn2cnc3sccc3c2=O)C2CC2)cc1. The molecule has 7 heteroatoms. The molecular weight excluding hydrogens is 350 g/mol. The summed E-state index contributed by atoms with van der Waals surface area (Å²) in [7, 11) is 1.63. The topological polar surface area (TPSA) is 73.2 Å². The van der Waals surface area contributed by atoms with Gasteiger partial charge in [0.15, 0.2) is 0 Å². The van der Waals surface area contributed by atoms with Gasteiger partial charge >= 0.3 is 0 Å². The standard InChI is InChI=1S/C19H19N3O3S/c1-25-14-6-4-13(5-7-14)17(12-2-3-12)21-16(23)10-22-11-20-18-15(19(22)24)8-9-26-18/h4-9,11-12,17H,2-3,10H2,1H3,(H,21,23)/t17-/m1/s1. The quantitative estimate of drug-likeness (QED) is 0.725. The molecule has 1 amide bonds. The third kappa shape index (κ3) is 3.35. The maximum absolute atomic E-state index is 12.6. The minimum atomic E-state index is -0.184. The molecule has 1 fully saturated rings. The zero-order valence-corrected chi connectivity index (χ0v) is 15.2. The van der Waals surface area contributed by atoms with Crippen molar-refractivity contribution in [2.45, 2.75) is 25.4 Å². The minimum absolute atomic E-state index is 0.0308. The molecule has 1 aliphatic rings. The van der Waals surface area contributed by atoms with E-state index in [0.29, 0.717) is 16.1 Å². The Morgan fingerprint density at radius 3 is 2.81 bits per heavy atom. The van der Waals surface area contributed by atoms with Crippen LogP contribution in [0.5, 0.6) is 5.75 Å².